The lowest BCUT2D eigenvalue weighted by Crippen LogP contribution is -2.32. The van der Waals surface area contributed by atoms with Gasteiger partial charge in [0.1, 0.15) is 0 Å². The topological polar surface area (TPSA) is 26.0 Å². The van der Waals surface area contributed by atoms with Crippen molar-refractivity contribution in [3.05, 3.63) is 35.1 Å². The standard InChI is InChI=1S/C10H12F3N/c1-3-10(2,14)6-4-7(11)9(13)8(12)5-6/h4-5H,3,14H2,1-2H3/t10-/m0/s1. The summed E-state index contributed by atoms with van der Waals surface area (Å²) >= 11 is 0. The zero-order valence-electron chi connectivity index (χ0n) is 8.07. The summed E-state index contributed by atoms with van der Waals surface area (Å²) in [5, 5.41) is 0. The van der Waals surface area contributed by atoms with Crippen molar-refractivity contribution in [1.29, 1.82) is 0 Å². The number of hydrogen-bond acceptors (Lipinski definition) is 1. The molecule has 0 heterocycles. The molecule has 0 aliphatic rings. The monoisotopic (exact) mass is 203 g/mol. The fraction of sp³-hybridized carbons (Fsp3) is 0.400. The molecule has 1 aromatic carbocycles. The van der Waals surface area contributed by atoms with Crippen LogP contribution in [0.4, 0.5) is 13.2 Å². The molecule has 0 radical (unpaired) electrons. The highest BCUT2D eigenvalue weighted by Crippen LogP contribution is 2.24. The van der Waals surface area contributed by atoms with Gasteiger partial charge in [-0.1, -0.05) is 6.92 Å². The molecule has 0 fully saturated rings. The quantitative estimate of drug-likeness (QED) is 0.735. The van der Waals surface area contributed by atoms with E-state index in [2.05, 4.69) is 0 Å². The van der Waals surface area contributed by atoms with E-state index in [0.29, 0.717) is 6.42 Å². The van der Waals surface area contributed by atoms with Crippen molar-refractivity contribution < 1.29 is 13.2 Å². The van der Waals surface area contributed by atoms with Crippen molar-refractivity contribution in [2.45, 2.75) is 25.8 Å². The summed E-state index contributed by atoms with van der Waals surface area (Å²) in [5.41, 5.74) is 5.19. The number of nitrogens with two attached hydrogens (primary N) is 1. The van der Waals surface area contributed by atoms with Crippen molar-refractivity contribution >= 4 is 0 Å². The lowest BCUT2D eigenvalue weighted by molar-refractivity contribution is 0.426. The lowest BCUT2D eigenvalue weighted by atomic mass is 9.90. The van der Waals surface area contributed by atoms with E-state index in [9.17, 15) is 13.2 Å². The van der Waals surface area contributed by atoms with E-state index in [1.807, 2.05) is 0 Å². The minimum Gasteiger partial charge on any atom is -0.322 e. The van der Waals surface area contributed by atoms with Gasteiger partial charge in [0.05, 0.1) is 0 Å². The summed E-state index contributed by atoms with van der Waals surface area (Å²) < 4.78 is 38.3. The van der Waals surface area contributed by atoms with Crippen molar-refractivity contribution in [2.24, 2.45) is 5.73 Å². The molecule has 1 rings (SSSR count). The molecule has 0 saturated carbocycles. The summed E-state index contributed by atoms with van der Waals surface area (Å²) in [6, 6.07) is 1.86. The van der Waals surface area contributed by atoms with E-state index >= 15 is 0 Å². The van der Waals surface area contributed by atoms with Crippen LogP contribution in [0.15, 0.2) is 12.1 Å². The van der Waals surface area contributed by atoms with E-state index in [1.165, 1.54) is 0 Å². The maximum atomic E-state index is 12.8. The molecule has 0 saturated heterocycles. The maximum Gasteiger partial charge on any atom is 0.194 e. The first-order valence-corrected chi connectivity index (χ1v) is 4.32. The van der Waals surface area contributed by atoms with Crippen LogP contribution in [0.2, 0.25) is 0 Å². The van der Waals surface area contributed by atoms with Gasteiger partial charge in [-0.3, -0.25) is 0 Å². The molecule has 14 heavy (non-hydrogen) atoms. The summed E-state index contributed by atoms with van der Waals surface area (Å²) in [4.78, 5) is 0. The molecule has 0 amide bonds. The van der Waals surface area contributed by atoms with E-state index < -0.39 is 23.0 Å². The highest BCUT2D eigenvalue weighted by molar-refractivity contribution is 5.25. The molecule has 0 aromatic heterocycles. The predicted octanol–water partition coefficient (Wildman–Crippen LogP) is 2.69. The third kappa shape index (κ3) is 1.90. The SMILES string of the molecule is CC[C@](C)(N)c1cc(F)c(F)c(F)c1. The summed E-state index contributed by atoms with van der Waals surface area (Å²) in [6.07, 6.45) is 0.511. The van der Waals surface area contributed by atoms with Crippen LogP contribution >= 0.6 is 0 Å². The van der Waals surface area contributed by atoms with Crippen LogP contribution in [0.1, 0.15) is 25.8 Å². The molecule has 78 valence electrons. The molecule has 0 aliphatic carbocycles. The third-order valence-electron chi connectivity index (χ3n) is 2.38. The average Bonchev–Trinajstić information content (AvgIpc) is 2.13. The molecule has 4 heteroatoms. The first-order chi connectivity index (χ1) is 6.38. The van der Waals surface area contributed by atoms with Crippen LogP contribution in [0, 0.1) is 17.5 Å². The largest absolute Gasteiger partial charge is 0.322 e. The summed E-state index contributed by atoms with van der Waals surface area (Å²) in [6.45, 7) is 3.43. The maximum absolute atomic E-state index is 12.8. The minimum atomic E-state index is -1.46. The highest BCUT2D eigenvalue weighted by atomic mass is 19.2. The van der Waals surface area contributed by atoms with Gasteiger partial charge in [-0.2, -0.15) is 0 Å². The molecule has 1 aromatic rings. The Hall–Kier alpha value is -1.03. The molecule has 2 N–H and O–H groups in total. The van der Waals surface area contributed by atoms with Crippen LogP contribution in [-0.4, -0.2) is 0 Å². The second-order valence-electron chi connectivity index (χ2n) is 3.52. The zero-order chi connectivity index (χ0) is 10.9. The molecule has 0 aliphatic heterocycles. The van der Waals surface area contributed by atoms with Crippen molar-refractivity contribution in [3.8, 4) is 0 Å². The second kappa shape index (κ2) is 3.61. The normalized spacial score (nSPS) is 15.3. The van der Waals surface area contributed by atoms with Gasteiger partial charge in [0.2, 0.25) is 0 Å². The molecule has 1 atom stereocenters. The van der Waals surface area contributed by atoms with Crippen LogP contribution in [0.5, 0.6) is 0 Å². The smallest absolute Gasteiger partial charge is 0.194 e. The van der Waals surface area contributed by atoms with Crippen molar-refractivity contribution in [3.63, 3.8) is 0 Å². The fourth-order valence-electron chi connectivity index (χ4n) is 1.09. The Kier molecular flexibility index (Phi) is 2.85. The number of benzene rings is 1. The zero-order valence-corrected chi connectivity index (χ0v) is 8.07. The van der Waals surface area contributed by atoms with E-state index in [-0.39, 0.29) is 5.56 Å². The Bertz CT molecular complexity index is 324. The Morgan fingerprint density at radius 3 is 2.00 bits per heavy atom. The van der Waals surface area contributed by atoms with Gasteiger partial charge < -0.3 is 5.73 Å². The molecular weight excluding hydrogens is 191 g/mol. The van der Waals surface area contributed by atoms with Crippen LogP contribution in [0.25, 0.3) is 0 Å². The first-order valence-electron chi connectivity index (χ1n) is 4.32. The summed E-state index contributed by atoms with van der Waals surface area (Å²) in [5.74, 6) is -3.86. The average molecular weight is 203 g/mol. The Morgan fingerprint density at radius 1 is 1.21 bits per heavy atom. The number of hydrogen-bond donors (Lipinski definition) is 1. The lowest BCUT2D eigenvalue weighted by Gasteiger charge is -2.23. The molecule has 1 nitrogen and oxygen atoms in total. The Morgan fingerprint density at radius 2 is 1.64 bits per heavy atom. The van der Waals surface area contributed by atoms with Gasteiger partial charge in [0.25, 0.3) is 0 Å². The Balaban J connectivity index is 3.26. The van der Waals surface area contributed by atoms with Gasteiger partial charge in [0.15, 0.2) is 17.5 Å². The predicted molar refractivity (Wildman–Crippen MR) is 48.1 cm³/mol. The molecule has 0 spiro atoms. The van der Waals surface area contributed by atoms with Gasteiger partial charge >= 0.3 is 0 Å². The molecule has 0 bridgehead atoms. The van der Waals surface area contributed by atoms with Crippen molar-refractivity contribution in [1.82, 2.24) is 0 Å². The van der Waals surface area contributed by atoms with E-state index in [0.717, 1.165) is 12.1 Å². The van der Waals surface area contributed by atoms with E-state index in [1.54, 1.807) is 13.8 Å². The van der Waals surface area contributed by atoms with Crippen LogP contribution in [0.3, 0.4) is 0 Å². The summed E-state index contributed by atoms with van der Waals surface area (Å²) in [7, 11) is 0. The Labute approximate surface area is 80.7 Å². The second-order valence-corrected chi connectivity index (χ2v) is 3.52. The number of halogens is 3. The van der Waals surface area contributed by atoms with Crippen molar-refractivity contribution in [2.75, 3.05) is 0 Å². The van der Waals surface area contributed by atoms with E-state index in [4.69, 9.17) is 5.73 Å². The molecule has 0 unspecified atom stereocenters. The number of rotatable bonds is 2. The fourth-order valence-corrected chi connectivity index (χ4v) is 1.09. The van der Waals surface area contributed by atoms with Gasteiger partial charge in [-0.05, 0) is 31.0 Å². The van der Waals surface area contributed by atoms with Crippen LogP contribution in [-0.2, 0) is 5.54 Å². The van der Waals surface area contributed by atoms with Gasteiger partial charge in [-0.25, -0.2) is 13.2 Å². The third-order valence-corrected chi connectivity index (χ3v) is 2.38. The molecular formula is C10H12F3N. The van der Waals surface area contributed by atoms with Gasteiger partial charge in [-0.15, -0.1) is 0 Å². The van der Waals surface area contributed by atoms with Crippen LogP contribution < -0.4 is 5.73 Å². The highest BCUT2D eigenvalue weighted by Gasteiger charge is 2.22. The first kappa shape index (κ1) is 11.0. The van der Waals surface area contributed by atoms with Gasteiger partial charge in [0, 0.05) is 5.54 Å². The minimum absolute atomic E-state index is 0.261.